The Kier molecular flexibility index (Phi) is 7.47. The van der Waals surface area contributed by atoms with E-state index in [1.807, 2.05) is 24.3 Å². The quantitative estimate of drug-likeness (QED) is 0.581. The number of nitriles is 1. The van der Waals surface area contributed by atoms with Gasteiger partial charge in [0.05, 0.1) is 5.69 Å². The first kappa shape index (κ1) is 24.7. The summed E-state index contributed by atoms with van der Waals surface area (Å²) < 4.78 is 30.8. The van der Waals surface area contributed by atoms with Gasteiger partial charge in [-0.1, -0.05) is 30.3 Å². The average Bonchev–Trinajstić information content (AvgIpc) is 2.64. The van der Waals surface area contributed by atoms with E-state index in [2.05, 4.69) is 0 Å². The zero-order chi connectivity index (χ0) is 24.1. The second kappa shape index (κ2) is 9.69. The molecule has 0 aliphatic rings. The number of amides is 2. The Balaban J connectivity index is 2.53. The summed E-state index contributed by atoms with van der Waals surface area (Å²) in [5, 5.41) is 9.78. The Morgan fingerprint density at radius 2 is 1.50 bits per heavy atom. The fourth-order valence-electron chi connectivity index (χ4n) is 2.59. The van der Waals surface area contributed by atoms with Crippen LogP contribution >= 0.6 is 0 Å². The van der Waals surface area contributed by atoms with E-state index in [1.165, 1.54) is 0 Å². The summed E-state index contributed by atoms with van der Waals surface area (Å²) in [6.45, 7) is 9.74. The van der Waals surface area contributed by atoms with Gasteiger partial charge in [-0.2, -0.15) is 10.2 Å². The van der Waals surface area contributed by atoms with E-state index in [9.17, 15) is 19.2 Å². The standard InChI is InChI=1S/C24H27FN2O5/c1-23(2,3)31-21(28)27(22(29)32-24(4,5)6)19-12-17(25)13-20(18(19)14-26)30-15-16-10-8-7-9-11-16/h7-13H,15H2,1-6H3. The molecule has 170 valence electrons. The highest BCUT2D eigenvalue weighted by molar-refractivity contribution is 6.10. The summed E-state index contributed by atoms with van der Waals surface area (Å²) in [5.41, 5.74) is -1.66. The minimum Gasteiger partial charge on any atom is -0.487 e. The second-order valence-corrected chi connectivity index (χ2v) is 8.98. The zero-order valence-corrected chi connectivity index (χ0v) is 19.1. The van der Waals surface area contributed by atoms with Crippen LogP contribution in [0.4, 0.5) is 19.7 Å². The van der Waals surface area contributed by atoms with Crippen LogP contribution in [0.3, 0.4) is 0 Å². The molecule has 0 heterocycles. The largest absolute Gasteiger partial charge is 0.487 e. The summed E-state index contributed by atoms with van der Waals surface area (Å²) in [5.74, 6) is -0.928. The van der Waals surface area contributed by atoms with Gasteiger partial charge in [-0.05, 0) is 53.2 Å². The highest BCUT2D eigenvalue weighted by atomic mass is 19.1. The lowest BCUT2D eigenvalue weighted by Crippen LogP contribution is -2.44. The molecule has 2 rings (SSSR count). The molecule has 0 saturated heterocycles. The number of nitrogens with zero attached hydrogens (tertiary/aromatic N) is 2. The highest BCUT2D eigenvalue weighted by Crippen LogP contribution is 2.33. The maximum atomic E-state index is 14.5. The van der Waals surface area contributed by atoms with Crippen molar-refractivity contribution in [1.29, 1.82) is 5.26 Å². The lowest BCUT2D eigenvalue weighted by molar-refractivity contribution is 0.0430. The van der Waals surface area contributed by atoms with E-state index in [-0.39, 0.29) is 23.6 Å². The van der Waals surface area contributed by atoms with Crippen molar-refractivity contribution in [3.63, 3.8) is 0 Å². The molecular weight excluding hydrogens is 415 g/mol. The smallest absolute Gasteiger partial charge is 0.424 e. The Morgan fingerprint density at radius 3 is 1.97 bits per heavy atom. The van der Waals surface area contributed by atoms with Crippen LogP contribution < -0.4 is 9.64 Å². The van der Waals surface area contributed by atoms with E-state index in [0.717, 1.165) is 17.7 Å². The Bertz CT molecular complexity index is 990. The van der Waals surface area contributed by atoms with Crippen molar-refractivity contribution in [2.75, 3.05) is 4.90 Å². The van der Waals surface area contributed by atoms with Crippen molar-refractivity contribution in [3.8, 4) is 11.8 Å². The molecule has 2 aromatic carbocycles. The Labute approximate surface area is 187 Å². The third-order valence-corrected chi connectivity index (χ3v) is 3.79. The third-order valence-electron chi connectivity index (χ3n) is 3.79. The molecule has 0 bridgehead atoms. The molecule has 2 aromatic rings. The minimum atomic E-state index is -1.11. The van der Waals surface area contributed by atoms with Crippen molar-refractivity contribution < 1.29 is 28.2 Å². The van der Waals surface area contributed by atoms with Crippen LogP contribution in [-0.2, 0) is 16.1 Å². The van der Waals surface area contributed by atoms with Gasteiger partial charge in [0, 0.05) is 6.07 Å². The number of hydrogen-bond donors (Lipinski definition) is 0. The summed E-state index contributed by atoms with van der Waals surface area (Å²) >= 11 is 0. The van der Waals surface area contributed by atoms with E-state index < -0.39 is 29.2 Å². The van der Waals surface area contributed by atoms with Gasteiger partial charge in [0.1, 0.15) is 41.0 Å². The highest BCUT2D eigenvalue weighted by Gasteiger charge is 2.35. The molecule has 0 fully saturated rings. The van der Waals surface area contributed by atoms with Gasteiger partial charge in [0.2, 0.25) is 0 Å². The monoisotopic (exact) mass is 442 g/mol. The molecule has 0 aliphatic carbocycles. The molecule has 7 nitrogen and oxygen atoms in total. The minimum absolute atomic E-state index is 0.0529. The van der Waals surface area contributed by atoms with Crippen LogP contribution in [0.25, 0.3) is 0 Å². The first-order valence-corrected chi connectivity index (χ1v) is 9.97. The third kappa shape index (κ3) is 6.98. The van der Waals surface area contributed by atoms with Crippen molar-refractivity contribution in [2.45, 2.75) is 59.4 Å². The summed E-state index contributed by atoms with van der Waals surface area (Å²) in [6.07, 6.45) is -2.22. The second-order valence-electron chi connectivity index (χ2n) is 8.98. The molecule has 0 spiro atoms. The van der Waals surface area contributed by atoms with E-state index in [4.69, 9.17) is 14.2 Å². The predicted octanol–water partition coefficient (Wildman–Crippen LogP) is 5.95. The first-order valence-electron chi connectivity index (χ1n) is 9.97. The molecule has 32 heavy (non-hydrogen) atoms. The van der Waals surface area contributed by atoms with Gasteiger partial charge in [-0.15, -0.1) is 0 Å². The number of carbonyl (C=O) groups excluding carboxylic acids is 2. The summed E-state index contributed by atoms with van der Waals surface area (Å²) in [6, 6.07) is 12.9. The lowest BCUT2D eigenvalue weighted by Gasteiger charge is -2.29. The topological polar surface area (TPSA) is 88.9 Å². The molecule has 0 unspecified atom stereocenters. The van der Waals surface area contributed by atoms with E-state index in [1.54, 1.807) is 53.7 Å². The van der Waals surface area contributed by atoms with Crippen LogP contribution in [-0.4, -0.2) is 23.4 Å². The SMILES string of the molecule is CC(C)(C)OC(=O)N(C(=O)OC(C)(C)C)c1cc(F)cc(OCc2ccccc2)c1C#N. The molecular formula is C24H27FN2O5. The number of hydrogen-bond acceptors (Lipinski definition) is 6. The van der Waals surface area contributed by atoms with E-state index in [0.29, 0.717) is 4.90 Å². The van der Waals surface area contributed by atoms with Gasteiger partial charge >= 0.3 is 12.2 Å². The predicted molar refractivity (Wildman–Crippen MR) is 117 cm³/mol. The molecule has 0 aliphatic heterocycles. The molecule has 2 amide bonds. The van der Waals surface area contributed by atoms with Crippen molar-refractivity contribution >= 4 is 17.9 Å². The fraction of sp³-hybridized carbons (Fsp3) is 0.375. The maximum Gasteiger partial charge on any atom is 0.424 e. The number of rotatable bonds is 4. The van der Waals surface area contributed by atoms with Crippen molar-refractivity contribution in [1.82, 2.24) is 0 Å². The Hall–Kier alpha value is -3.60. The van der Waals surface area contributed by atoms with Crippen LogP contribution in [0.1, 0.15) is 52.7 Å². The summed E-state index contributed by atoms with van der Waals surface area (Å²) in [7, 11) is 0. The van der Waals surface area contributed by atoms with Crippen LogP contribution in [0.15, 0.2) is 42.5 Å². The molecule has 0 aromatic heterocycles. The van der Waals surface area contributed by atoms with Gasteiger partial charge in [-0.3, -0.25) is 0 Å². The van der Waals surface area contributed by atoms with Crippen LogP contribution in [0.2, 0.25) is 0 Å². The fourth-order valence-corrected chi connectivity index (χ4v) is 2.59. The molecule has 0 N–H and O–H groups in total. The number of anilines is 1. The number of halogens is 1. The first-order chi connectivity index (χ1) is 14.8. The normalized spacial score (nSPS) is 11.3. The van der Waals surface area contributed by atoms with E-state index >= 15 is 0 Å². The molecule has 0 radical (unpaired) electrons. The van der Waals surface area contributed by atoms with Crippen molar-refractivity contribution in [2.24, 2.45) is 0 Å². The summed E-state index contributed by atoms with van der Waals surface area (Å²) in [4.78, 5) is 26.3. The number of imide groups is 1. The molecule has 0 atom stereocenters. The van der Waals surface area contributed by atoms with Crippen LogP contribution in [0, 0.1) is 17.1 Å². The zero-order valence-electron chi connectivity index (χ0n) is 19.1. The van der Waals surface area contributed by atoms with Gasteiger partial charge < -0.3 is 14.2 Å². The number of benzene rings is 2. The van der Waals surface area contributed by atoms with Gasteiger partial charge in [-0.25, -0.2) is 14.0 Å². The number of ether oxygens (including phenoxy) is 3. The average molecular weight is 442 g/mol. The van der Waals surface area contributed by atoms with Gasteiger partial charge in [0.15, 0.2) is 0 Å². The number of carbonyl (C=O) groups is 2. The Morgan fingerprint density at radius 1 is 0.969 bits per heavy atom. The van der Waals surface area contributed by atoms with Gasteiger partial charge in [0.25, 0.3) is 0 Å². The molecule has 0 saturated carbocycles. The van der Waals surface area contributed by atoms with Crippen LogP contribution in [0.5, 0.6) is 5.75 Å². The molecule has 8 heteroatoms. The van der Waals surface area contributed by atoms with Crippen molar-refractivity contribution in [3.05, 3.63) is 59.4 Å². The lowest BCUT2D eigenvalue weighted by atomic mass is 10.1. The maximum absolute atomic E-state index is 14.5.